The Morgan fingerprint density at radius 1 is 1.50 bits per heavy atom. The monoisotopic (exact) mass is 328 g/mol. The highest BCUT2D eigenvalue weighted by molar-refractivity contribution is 6.31. The minimum atomic E-state index is -3.51. The summed E-state index contributed by atoms with van der Waals surface area (Å²) in [7, 11) is 0. The number of rotatable bonds is 5. The van der Waals surface area contributed by atoms with Gasteiger partial charge in [-0.3, -0.25) is 0 Å². The van der Waals surface area contributed by atoms with Crippen LogP contribution in [0.1, 0.15) is 22.8 Å². The first-order valence-corrected chi connectivity index (χ1v) is 6.48. The van der Waals surface area contributed by atoms with Crippen molar-refractivity contribution < 1.29 is 23.2 Å². The van der Waals surface area contributed by atoms with Crippen molar-refractivity contribution in [3.63, 3.8) is 0 Å². The molecule has 0 atom stereocenters. The summed E-state index contributed by atoms with van der Waals surface area (Å²) in [6, 6.07) is 3.80. The molecule has 1 aromatic heterocycles. The van der Waals surface area contributed by atoms with Crippen LogP contribution in [-0.2, 0) is 17.1 Å². The largest absolute Gasteiger partial charge is 0.478 e. The fourth-order valence-electron chi connectivity index (χ4n) is 1.63. The number of hydrogen-bond donors (Lipinski definition) is 1. The van der Waals surface area contributed by atoms with Gasteiger partial charge >= 0.3 is 11.9 Å². The van der Waals surface area contributed by atoms with E-state index in [1.165, 1.54) is 12.1 Å². The van der Waals surface area contributed by atoms with Gasteiger partial charge in [-0.15, -0.1) is 0 Å². The third-order valence-electron chi connectivity index (χ3n) is 2.95. The molecule has 0 aliphatic rings. The minimum Gasteiger partial charge on any atom is -0.478 e. The van der Waals surface area contributed by atoms with Crippen LogP contribution in [0.5, 0.6) is 0 Å². The third kappa shape index (κ3) is 3.14. The number of benzene rings is 1. The average molecular weight is 329 g/mol. The van der Waals surface area contributed by atoms with Crippen molar-refractivity contribution >= 4 is 17.6 Å². The van der Waals surface area contributed by atoms with Crippen LogP contribution in [0.15, 0.2) is 34.9 Å². The lowest BCUT2D eigenvalue weighted by atomic mass is 10.1. The smallest absolute Gasteiger partial charge is 0.335 e. The Bertz CT molecular complexity index is 743. The maximum atomic E-state index is 14.3. The number of carboxylic acids is 1. The quantitative estimate of drug-likeness (QED) is 0.852. The molecule has 0 bridgehead atoms. The lowest BCUT2D eigenvalue weighted by molar-refractivity contribution is -0.132. The number of nitrogens with zero attached hydrogens (tertiary/aromatic N) is 2. The fraction of sp³-hybridized carbons (Fsp3) is 0.214. The van der Waals surface area contributed by atoms with Gasteiger partial charge in [-0.1, -0.05) is 35.5 Å². The van der Waals surface area contributed by atoms with Crippen molar-refractivity contribution in [1.82, 2.24) is 10.1 Å². The number of halogens is 3. The van der Waals surface area contributed by atoms with Gasteiger partial charge in [0.1, 0.15) is 0 Å². The Hall–Kier alpha value is -2.28. The minimum absolute atomic E-state index is 0.195. The number of aromatic nitrogens is 2. The first kappa shape index (κ1) is 16.1. The molecule has 116 valence electrons. The highest BCUT2D eigenvalue weighted by atomic mass is 35.5. The van der Waals surface area contributed by atoms with Crippen LogP contribution >= 0.6 is 11.6 Å². The Morgan fingerprint density at radius 3 is 2.77 bits per heavy atom. The molecule has 8 heteroatoms. The van der Waals surface area contributed by atoms with E-state index in [2.05, 4.69) is 21.2 Å². The van der Waals surface area contributed by atoms with Gasteiger partial charge in [0.25, 0.3) is 0 Å². The third-order valence-corrected chi connectivity index (χ3v) is 3.36. The van der Waals surface area contributed by atoms with Crippen LogP contribution in [0.25, 0.3) is 0 Å². The van der Waals surface area contributed by atoms with Crippen molar-refractivity contribution in [3.05, 3.63) is 58.2 Å². The predicted octanol–water partition coefficient (Wildman–Crippen LogP) is 3.35. The number of carbonyl (C=O) groups is 1. The maximum Gasteiger partial charge on any atom is 0.335 e. The molecule has 22 heavy (non-hydrogen) atoms. The van der Waals surface area contributed by atoms with Crippen LogP contribution < -0.4 is 0 Å². The van der Waals surface area contributed by atoms with Gasteiger partial charge in [-0.25, -0.2) is 4.79 Å². The van der Waals surface area contributed by atoms with Crippen molar-refractivity contribution in [2.45, 2.75) is 19.3 Å². The molecule has 0 saturated carbocycles. The Labute approximate surface area is 129 Å². The molecule has 0 amide bonds. The second kappa shape index (κ2) is 5.84. The molecule has 0 aliphatic carbocycles. The zero-order valence-electron chi connectivity index (χ0n) is 11.4. The summed E-state index contributed by atoms with van der Waals surface area (Å²) in [5.41, 5.74) is 0.0391. The molecule has 0 aliphatic heterocycles. The van der Waals surface area contributed by atoms with Crippen LogP contribution in [0, 0.1) is 6.92 Å². The van der Waals surface area contributed by atoms with Gasteiger partial charge in [0.05, 0.1) is 6.42 Å². The molecule has 0 fully saturated rings. The van der Waals surface area contributed by atoms with Gasteiger partial charge in [0, 0.05) is 16.2 Å². The fourth-order valence-corrected chi connectivity index (χ4v) is 1.81. The summed E-state index contributed by atoms with van der Waals surface area (Å²) in [5, 5.41) is 12.1. The molecule has 2 aromatic rings. The Balaban J connectivity index is 2.30. The Kier molecular flexibility index (Phi) is 4.27. The highest BCUT2D eigenvalue weighted by Gasteiger charge is 2.40. The van der Waals surface area contributed by atoms with E-state index in [9.17, 15) is 13.6 Å². The SMILES string of the molecule is C=C(Cc1nc(C(F)(F)c2ccc(C)c(Cl)c2)no1)C(=O)O. The van der Waals surface area contributed by atoms with Crippen molar-refractivity contribution in [3.8, 4) is 0 Å². The number of aliphatic carboxylic acids is 1. The standard InChI is InChI=1S/C14H11ClF2N2O3/c1-7-3-4-9(6-10(7)15)14(16,17)13-18-11(22-19-13)5-8(2)12(20)21/h3-4,6H,2,5H2,1H3,(H,20,21). The molecule has 0 spiro atoms. The molecule has 1 N–H and O–H groups in total. The van der Waals surface area contributed by atoms with Crippen LogP contribution in [-0.4, -0.2) is 21.2 Å². The molecule has 0 radical (unpaired) electrons. The number of aryl methyl sites for hydroxylation is 1. The van der Waals surface area contributed by atoms with Crippen LogP contribution in [0.3, 0.4) is 0 Å². The first-order valence-electron chi connectivity index (χ1n) is 6.10. The second-order valence-corrected chi connectivity index (χ2v) is 5.04. The maximum absolute atomic E-state index is 14.3. The van der Waals surface area contributed by atoms with Gasteiger partial charge < -0.3 is 9.63 Å². The molecule has 2 rings (SSSR count). The van der Waals surface area contributed by atoms with Gasteiger partial charge in [0.15, 0.2) is 0 Å². The van der Waals surface area contributed by atoms with Gasteiger partial charge in [-0.2, -0.15) is 13.8 Å². The Morgan fingerprint density at radius 2 is 2.18 bits per heavy atom. The molecule has 0 unspecified atom stereocenters. The molecule has 1 aromatic carbocycles. The van der Waals surface area contributed by atoms with E-state index in [4.69, 9.17) is 16.7 Å². The zero-order valence-corrected chi connectivity index (χ0v) is 12.2. The molecule has 0 saturated heterocycles. The summed E-state index contributed by atoms with van der Waals surface area (Å²) in [5.74, 6) is -5.89. The molecular weight excluding hydrogens is 318 g/mol. The average Bonchev–Trinajstić information content (AvgIpc) is 2.90. The van der Waals surface area contributed by atoms with Crippen molar-refractivity contribution in [2.75, 3.05) is 0 Å². The summed E-state index contributed by atoms with van der Waals surface area (Å²) in [6.07, 6.45) is -0.312. The second-order valence-electron chi connectivity index (χ2n) is 4.64. The van der Waals surface area contributed by atoms with E-state index >= 15 is 0 Å². The van der Waals surface area contributed by atoms with Gasteiger partial charge in [0.2, 0.25) is 11.7 Å². The van der Waals surface area contributed by atoms with E-state index in [-0.39, 0.29) is 28.5 Å². The highest BCUT2D eigenvalue weighted by Crippen LogP contribution is 2.35. The first-order chi connectivity index (χ1) is 10.2. The lowest BCUT2D eigenvalue weighted by Crippen LogP contribution is -2.17. The number of alkyl halides is 2. The van der Waals surface area contributed by atoms with E-state index in [0.29, 0.717) is 5.56 Å². The van der Waals surface area contributed by atoms with Crippen molar-refractivity contribution in [1.29, 1.82) is 0 Å². The normalized spacial score (nSPS) is 11.5. The lowest BCUT2D eigenvalue weighted by Gasteiger charge is -2.13. The van der Waals surface area contributed by atoms with E-state index in [0.717, 1.165) is 6.07 Å². The zero-order chi connectivity index (χ0) is 16.5. The summed E-state index contributed by atoms with van der Waals surface area (Å²) < 4.78 is 33.3. The molecule has 1 heterocycles. The van der Waals surface area contributed by atoms with Gasteiger partial charge in [-0.05, 0) is 18.6 Å². The van der Waals surface area contributed by atoms with E-state index in [1.54, 1.807) is 6.92 Å². The summed E-state index contributed by atoms with van der Waals surface area (Å²) in [6.45, 7) is 4.96. The topological polar surface area (TPSA) is 76.2 Å². The molecular formula is C14H11ClF2N2O3. The number of hydrogen-bond acceptors (Lipinski definition) is 4. The van der Waals surface area contributed by atoms with Crippen LogP contribution in [0.2, 0.25) is 5.02 Å². The number of carboxylic acid groups (broad SMARTS) is 1. The van der Waals surface area contributed by atoms with E-state index < -0.39 is 17.7 Å². The van der Waals surface area contributed by atoms with E-state index in [1.807, 2.05) is 0 Å². The summed E-state index contributed by atoms with van der Waals surface area (Å²) >= 11 is 5.84. The summed E-state index contributed by atoms with van der Waals surface area (Å²) in [4.78, 5) is 14.2. The van der Waals surface area contributed by atoms with Crippen LogP contribution in [0.4, 0.5) is 8.78 Å². The predicted molar refractivity (Wildman–Crippen MR) is 74.0 cm³/mol. The molecule has 5 nitrogen and oxygen atoms in total. The van der Waals surface area contributed by atoms with Crippen molar-refractivity contribution in [2.24, 2.45) is 0 Å².